The van der Waals surface area contributed by atoms with E-state index in [0.29, 0.717) is 11.5 Å². The van der Waals surface area contributed by atoms with Crippen LogP contribution in [0.2, 0.25) is 0 Å². The Bertz CT molecular complexity index is 662. The fraction of sp³-hybridized carbons (Fsp3) is 0.188. The largest absolute Gasteiger partial charge is 0.497 e. The number of methoxy groups -OCH3 is 1. The molecule has 0 fully saturated rings. The molecule has 0 aliphatic heterocycles. The first-order valence-corrected chi connectivity index (χ1v) is 6.60. The normalized spacial score (nSPS) is 10.1. The molecular weight excluding hydrogens is 292 g/mol. The molecule has 4 nitrogen and oxygen atoms in total. The molecule has 0 saturated heterocycles. The first-order valence-electron chi connectivity index (χ1n) is 6.60. The van der Waals surface area contributed by atoms with Crippen LogP contribution in [-0.4, -0.2) is 26.2 Å². The van der Waals surface area contributed by atoms with Gasteiger partial charge in [0.05, 0.1) is 19.2 Å². The van der Waals surface area contributed by atoms with E-state index in [1.54, 1.807) is 31.4 Å². The second kappa shape index (κ2) is 7.40. The highest BCUT2D eigenvalue weighted by Gasteiger charge is 2.12. The van der Waals surface area contributed by atoms with Crippen LogP contribution in [0.4, 0.5) is 8.78 Å². The summed E-state index contributed by atoms with van der Waals surface area (Å²) >= 11 is 0. The number of carbonyl (C=O) groups excluding carboxylic acids is 1. The number of benzene rings is 2. The van der Waals surface area contributed by atoms with Gasteiger partial charge in [-0.1, -0.05) is 6.07 Å². The molecule has 0 aromatic heterocycles. The van der Waals surface area contributed by atoms with Gasteiger partial charge in [0.25, 0.3) is 5.91 Å². The Labute approximate surface area is 126 Å². The van der Waals surface area contributed by atoms with Crippen molar-refractivity contribution in [3.8, 4) is 11.5 Å². The van der Waals surface area contributed by atoms with Crippen LogP contribution < -0.4 is 14.8 Å². The second-order valence-corrected chi connectivity index (χ2v) is 4.41. The summed E-state index contributed by atoms with van der Waals surface area (Å²) < 4.78 is 36.9. The molecule has 6 heteroatoms. The fourth-order valence-electron chi connectivity index (χ4n) is 1.79. The van der Waals surface area contributed by atoms with Crippen LogP contribution in [0.1, 0.15) is 10.4 Å². The topological polar surface area (TPSA) is 47.6 Å². The maximum atomic E-state index is 13.4. The van der Waals surface area contributed by atoms with E-state index in [-0.39, 0.29) is 18.7 Å². The van der Waals surface area contributed by atoms with E-state index in [0.717, 1.165) is 18.2 Å². The Morgan fingerprint density at radius 3 is 2.68 bits per heavy atom. The van der Waals surface area contributed by atoms with E-state index >= 15 is 0 Å². The standard InChI is InChI=1S/C16H15F2NO3/c1-21-12-3-2-4-13(10-12)22-8-7-19-16(20)14-9-11(17)5-6-15(14)18/h2-6,9-10H,7-8H2,1H3,(H,19,20). The van der Waals surface area contributed by atoms with Crippen molar-refractivity contribution in [2.45, 2.75) is 0 Å². The van der Waals surface area contributed by atoms with Crippen LogP contribution >= 0.6 is 0 Å². The summed E-state index contributed by atoms with van der Waals surface area (Å²) in [4.78, 5) is 11.7. The fourth-order valence-corrected chi connectivity index (χ4v) is 1.79. The number of ether oxygens (including phenoxy) is 2. The molecule has 0 spiro atoms. The first kappa shape index (κ1) is 15.8. The van der Waals surface area contributed by atoms with Gasteiger partial charge in [-0.2, -0.15) is 0 Å². The lowest BCUT2D eigenvalue weighted by Gasteiger charge is -2.09. The Hall–Kier alpha value is -2.63. The van der Waals surface area contributed by atoms with Crippen molar-refractivity contribution in [1.82, 2.24) is 5.32 Å². The van der Waals surface area contributed by atoms with E-state index in [1.165, 1.54) is 0 Å². The minimum Gasteiger partial charge on any atom is -0.497 e. The van der Waals surface area contributed by atoms with Gasteiger partial charge in [0.1, 0.15) is 29.7 Å². The molecule has 0 aliphatic rings. The number of halogens is 2. The number of rotatable bonds is 6. The Morgan fingerprint density at radius 2 is 1.91 bits per heavy atom. The summed E-state index contributed by atoms with van der Waals surface area (Å²) in [5.74, 6) is -0.882. The van der Waals surface area contributed by atoms with Crippen LogP contribution in [0.5, 0.6) is 11.5 Å². The smallest absolute Gasteiger partial charge is 0.254 e. The third-order valence-electron chi connectivity index (χ3n) is 2.87. The molecule has 0 bridgehead atoms. The summed E-state index contributed by atoms with van der Waals surface area (Å²) in [6, 6.07) is 9.73. The molecule has 2 aromatic rings. The zero-order valence-corrected chi connectivity index (χ0v) is 11.9. The zero-order chi connectivity index (χ0) is 15.9. The average molecular weight is 307 g/mol. The summed E-state index contributed by atoms with van der Waals surface area (Å²) in [7, 11) is 1.55. The summed E-state index contributed by atoms with van der Waals surface area (Å²) in [6.45, 7) is 0.349. The number of hydrogen-bond acceptors (Lipinski definition) is 3. The van der Waals surface area contributed by atoms with Gasteiger partial charge in [-0.25, -0.2) is 8.78 Å². The van der Waals surface area contributed by atoms with Crippen LogP contribution in [0.15, 0.2) is 42.5 Å². The molecule has 2 aromatic carbocycles. The van der Waals surface area contributed by atoms with Crippen molar-refractivity contribution < 1.29 is 23.0 Å². The van der Waals surface area contributed by atoms with E-state index in [9.17, 15) is 13.6 Å². The summed E-state index contributed by atoms with van der Waals surface area (Å²) in [5, 5.41) is 2.46. The third kappa shape index (κ3) is 4.18. The first-order chi connectivity index (χ1) is 10.6. The van der Waals surface area contributed by atoms with Gasteiger partial charge in [-0.05, 0) is 30.3 Å². The van der Waals surface area contributed by atoms with Crippen molar-refractivity contribution in [3.05, 3.63) is 59.7 Å². The average Bonchev–Trinajstić information content (AvgIpc) is 2.54. The predicted molar refractivity (Wildman–Crippen MR) is 77.2 cm³/mol. The Balaban J connectivity index is 1.83. The molecule has 0 saturated carbocycles. The van der Waals surface area contributed by atoms with E-state index in [4.69, 9.17) is 9.47 Å². The molecule has 22 heavy (non-hydrogen) atoms. The molecule has 0 aliphatic carbocycles. The highest BCUT2D eigenvalue weighted by atomic mass is 19.1. The van der Waals surface area contributed by atoms with Gasteiger partial charge in [0, 0.05) is 6.07 Å². The molecule has 0 radical (unpaired) electrons. The molecule has 0 atom stereocenters. The van der Waals surface area contributed by atoms with Crippen molar-refractivity contribution in [1.29, 1.82) is 0 Å². The second-order valence-electron chi connectivity index (χ2n) is 4.41. The highest BCUT2D eigenvalue weighted by molar-refractivity contribution is 5.94. The summed E-state index contributed by atoms with van der Waals surface area (Å²) in [5.41, 5.74) is -0.332. The molecule has 2 rings (SSSR count). The van der Waals surface area contributed by atoms with Gasteiger partial charge in [-0.3, -0.25) is 4.79 Å². The molecule has 1 N–H and O–H groups in total. The van der Waals surface area contributed by atoms with Gasteiger partial charge < -0.3 is 14.8 Å². The van der Waals surface area contributed by atoms with Crippen molar-refractivity contribution in [2.75, 3.05) is 20.3 Å². The minimum atomic E-state index is -0.771. The third-order valence-corrected chi connectivity index (χ3v) is 2.87. The Morgan fingerprint density at radius 1 is 1.14 bits per heavy atom. The minimum absolute atomic E-state index is 0.159. The molecule has 0 heterocycles. The van der Waals surface area contributed by atoms with Crippen LogP contribution in [0.25, 0.3) is 0 Å². The number of amides is 1. The van der Waals surface area contributed by atoms with E-state index in [1.807, 2.05) is 0 Å². The SMILES string of the molecule is COc1cccc(OCCNC(=O)c2cc(F)ccc2F)c1. The monoisotopic (exact) mass is 307 g/mol. The van der Waals surface area contributed by atoms with Gasteiger partial charge in [-0.15, -0.1) is 0 Å². The maximum Gasteiger partial charge on any atom is 0.254 e. The summed E-state index contributed by atoms with van der Waals surface area (Å²) in [6.07, 6.45) is 0. The molecule has 0 unspecified atom stereocenters. The van der Waals surface area contributed by atoms with Gasteiger partial charge in [0.15, 0.2) is 0 Å². The lowest BCUT2D eigenvalue weighted by atomic mass is 10.2. The van der Waals surface area contributed by atoms with Gasteiger partial charge >= 0.3 is 0 Å². The number of carbonyl (C=O) groups is 1. The van der Waals surface area contributed by atoms with Crippen molar-refractivity contribution >= 4 is 5.91 Å². The van der Waals surface area contributed by atoms with Crippen LogP contribution in [-0.2, 0) is 0 Å². The lowest BCUT2D eigenvalue weighted by molar-refractivity contribution is 0.0942. The van der Waals surface area contributed by atoms with E-state index in [2.05, 4.69) is 5.32 Å². The van der Waals surface area contributed by atoms with Crippen molar-refractivity contribution in [2.24, 2.45) is 0 Å². The molecule has 116 valence electrons. The van der Waals surface area contributed by atoms with Crippen molar-refractivity contribution in [3.63, 3.8) is 0 Å². The zero-order valence-electron chi connectivity index (χ0n) is 11.9. The highest BCUT2D eigenvalue weighted by Crippen LogP contribution is 2.18. The Kier molecular flexibility index (Phi) is 5.30. The quantitative estimate of drug-likeness (QED) is 0.835. The molecule has 1 amide bonds. The van der Waals surface area contributed by atoms with E-state index < -0.39 is 17.5 Å². The number of hydrogen-bond donors (Lipinski definition) is 1. The predicted octanol–water partition coefficient (Wildman–Crippen LogP) is 2.78. The van der Waals surface area contributed by atoms with Crippen LogP contribution in [0.3, 0.4) is 0 Å². The van der Waals surface area contributed by atoms with Gasteiger partial charge in [0.2, 0.25) is 0 Å². The lowest BCUT2D eigenvalue weighted by Crippen LogP contribution is -2.28. The van der Waals surface area contributed by atoms with Crippen LogP contribution in [0, 0.1) is 11.6 Å². The molecular formula is C16H15F2NO3. The number of nitrogens with one attached hydrogen (secondary N) is 1. The maximum absolute atomic E-state index is 13.4.